The Labute approximate surface area is 131 Å². The van der Waals surface area contributed by atoms with E-state index in [4.69, 9.17) is 4.42 Å². The van der Waals surface area contributed by atoms with Crippen molar-refractivity contribution in [1.82, 2.24) is 0 Å². The zero-order valence-corrected chi connectivity index (χ0v) is 12.6. The summed E-state index contributed by atoms with van der Waals surface area (Å²) in [6.45, 7) is 0. The number of rotatable bonds is 1. The molecular weight excluding hydrogens is 359 g/mol. The predicted molar refractivity (Wildman–Crippen MR) is 77.6 cm³/mol. The van der Waals surface area contributed by atoms with Crippen molar-refractivity contribution in [3.8, 4) is 5.69 Å². The molecule has 10 heteroatoms. The van der Waals surface area contributed by atoms with Crippen LogP contribution in [0.4, 0.5) is 25.2 Å². The van der Waals surface area contributed by atoms with E-state index in [9.17, 15) is 30.0 Å². The molecule has 2 heterocycles. The number of halogens is 6. The molecule has 0 aliphatic carbocycles. The fraction of sp³-hybridized carbons (Fsp3) is 0. The number of benzene rings is 1. The van der Waals surface area contributed by atoms with Crippen LogP contribution in [-0.2, 0) is 0 Å². The summed E-state index contributed by atoms with van der Waals surface area (Å²) in [5.74, 6) is 0. The van der Waals surface area contributed by atoms with Crippen molar-refractivity contribution in [3.63, 3.8) is 0 Å². The van der Waals surface area contributed by atoms with Crippen molar-refractivity contribution >= 4 is 18.8 Å². The minimum atomic E-state index is -10.7. The Morgan fingerprint density at radius 1 is 0.833 bits per heavy atom. The van der Waals surface area contributed by atoms with Crippen molar-refractivity contribution in [2.45, 2.75) is 0 Å². The monoisotopic (exact) mass is 369 g/mol. The van der Waals surface area contributed by atoms with Gasteiger partial charge in [-0.25, -0.2) is 4.79 Å². The second kappa shape index (κ2) is 5.31. The fourth-order valence-corrected chi connectivity index (χ4v) is 1.79. The van der Waals surface area contributed by atoms with Crippen LogP contribution >= 0.6 is 7.81 Å². The van der Waals surface area contributed by atoms with E-state index >= 15 is 0 Å². The number of pyridine rings is 1. The molecule has 2 aromatic heterocycles. The molecule has 1 aromatic carbocycles. The molecule has 0 N–H and O–H groups in total. The summed E-state index contributed by atoms with van der Waals surface area (Å²) in [4.78, 5) is 11.8. The maximum Gasteiger partial charge on any atom is 0.409 e. The van der Waals surface area contributed by atoms with E-state index in [2.05, 4.69) is 0 Å². The molecule has 3 rings (SSSR count). The summed E-state index contributed by atoms with van der Waals surface area (Å²) < 4.78 is 66.2. The number of hydrogen-bond donors (Lipinski definition) is 0. The molecule has 0 radical (unpaired) electrons. The van der Waals surface area contributed by atoms with E-state index in [-0.39, 0.29) is 5.63 Å². The van der Waals surface area contributed by atoms with Crippen LogP contribution in [0.25, 0.3) is 16.7 Å². The van der Waals surface area contributed by atoms with E-state index in [0.29, 0.717) is 11.3 Å². The first-order chi connectivity index (χ1) is 10.8. The van der Waals surface area contributed by atoms with Crippen molar-refractivity contribution in [1.29, 1.82) is 0 Å². The third-order valence-electron chi connectivity index (χ3n) is 2.62. The van der Waals surface area contributed by atoms with Crippen molar-refractivity contribution in [2.24, 2.45) is 0 Å². The van der Waals surface area contributed by atoms with Gasteiger partial charge in [0.05, 0.1) is 0 Å². The maximum atomic E-state index is 11.8. The Morgan fingerprint density at radius 3 is 1.96 bits per heavy atom. The van der Waals surface area contributed by atoms with Crippen LogP contribution < -0.4 is 10.2 Å². The minimum Gasteiger partial charge on any atom is -0.418 e. The molecule has 0 spiro atoms. The van der Waals surface area contributed by atoms with Gasteiger partial charge in [-0.1, -0.05) is 24.3 Å². The van der Waals surface area contributed by atoms with Crippen LogP contribution in [0.2, 0.25) is 0 Å². The van der Waals surface area contributed by atoms with E-state index < -0.39 is 7.81 Å². The van der Waals surface area contributed by atoms with Gasteiger partial charge < -0.3 is 4.42 Å². The average Bonchev–Trinajstić information content (AvgIpc) is 2.44. The first-order valence-electron chi connectivity index (χ1n) is 6.35. The van der Waals surface area contributed by atoms with Gasteiger partial charge in [0.1, 0.15) is 5.58 Å². The number of hydrogen-bond acceptors (Lipinski definition) is 2. The maximum absolute atomic E-state index is 11.8. The van der Waals surface area contributed by atoms with Crippen molar-refractivity contribution < 1.29 is 34.2 Å². The third kappa shape index (κ3) is 6.37. The number of fused-ring (bicyclic) bond motifs is 1. The van der Waals surface area contributed by atoms with Gasteiger partial charge in [-0.2, -0.15) is 4.57 Å². The Morgan fingerprint density at radius 2 is 1.38 bits per heavy atom. The third-order valence-corrected chi connectivity index (χ3v) is 2.62. The number of para-hydroxylation sites is 1. The second-order valence-electron chi connectivity index (χ2n) is 4.70. The Bertz CT molecular complexity index is 912. The van der Waals surface area contributed by atoms with Gasteiger partial charge in [0.25, 0.3) is 5.69 Å². The average molecular weight is 369 g/mol. The summed E-state index contributed by atoms with van der Waals surface area (Å²) >= 11 is 0. The quantitative estimate of drug-likeness (QED) is 0.247. The van der Waals surface area contributed by atoms with Gasteiger partial charge in [0, 0.05) is 23.6 Å². The molecule has 3 aromatic rings. The van der Waals surface area contributed by atoms with E-state index in [1.54, 1.807) is 10.6 Å². The summed E-state index contributed by atoms with van der Waals surface area (Å²) in [5.41, 5.74) is 0.794. The largest absolute Gasteiger partial charge is 0.418 e. The Hall–Kier alpha value is -2.41. The molecule has 0 aliphatic rings. The minimum absolute atomic E-state index is 0.333. The van der Waals surface area contributed by atoms with Gasteiger partial charge in [0.15, 0.2) is 12.4 Å². The molecule has 0 aliphatic heterocycles. The fourth-order valence-electron chi connectivity index (χ4n) is 1.79. The molecule has 0 saturated carbocycles. The topological polar surface area (TPSA) is 34.1 Å². The van der Waals surface area contributed by atoms with Crippen LogP contribution in [0.1, 0.15) is 0 Å². The SMILES string of the molecule is F[P-](F)(F)(F)(F)F.O=c1oc2ccccc2cc1-[n+]1ccccc1. The summed E-state index contributed by atoms with van der Waals surface area (Å²) in [5, 5.41) is 0.915. The van der Waals surface area contributed by atoms with Gasteiger partial charge in [-0.3, -0.25) is 0 Å². The van der Waals surface area contributed by atoms with Crippen LogP contribution in [0.3, 0.4) is 0 Å². The van der Waals surface area contributed by atoms with E-state index in [0.717, 1.165) is 5.39 Å². The molecule has 24 heavy (non-hydrogen) atoms. The first-order valence-corrected chi connectivity index (χ1v) is 8.38. The Kier molecular flexibility index (Phi) is 3.97. The number of aromatic nitrogens is 1. The molecule has 130 valence electrons. The van der Waals surface area contributed by atoms with Crippen LogP contribution in [0.15, 0.2) is 70.1 Å². The predicted octanol–water partition coefficient (Wildman–Crippen LogP) is 5.45. The van der Waals surface area contributed by atoms with E-state index in [1.807, 2.05) is 54.9 Å². The van der Waals surface area contributed by atoms with Gasteiger partial charge in [-0.15, -0.1) is 0 Å². The normalized spacial score (nSPS) is 14.2. The smallest absolute Gasteiger partial charge is 0.409 e. The van der Waals surface area contributed by atoms with Crippen LogP contribution in [0.5, 0.6) is 0 Å². The molecule has 0 bridgehead atoms. The van der Waals surface area contributed by atoms with Crippen LogP contribution in [0, 0.1) is 0 Å². The molecule has 0 unspecified atom stereocenters. The molecule has 3 nitrogen and oxygen atoms in total. The first kappa shape index (κ1) is 17.9. The summed E-state index contributed by atoms with van der Waals surface area (Å²) in [6, 6.07) is 15.0. The van der Waals surface area contributed by atoms with Crippen LogP contribution in [-0.4, -0.2) is 0 Å². The summed E-state index contributed by atoms with van der Waals surface area (Å²) in [7, 11) is -10.7. The molecule has 0 atom stereocenters. The molecule has 0 saturated heterocycles. The zero-order valence-electron chi connectivity index (χ0n) is 11.8. The Balaban J connectivity index is 0.000000256. The molecule has 0 amide bonds. The molecular formula is C14H10F6NO2P. The van der Waals surface area contributed by atoms with Gasteiger partial charge in [0.2, 0.25) is 0 Å². The number of nitrogens with zero attached hydrogens (tertiary/aromatic N) is 1. The van der Waals surface area contributed by atoms with Crippen molar-refractivity contribution in [3.05, 3.63) is 71.3 Å². The van der Waals surface area contributed by atoms with Gasteiger partial charge >= 0.3 is 38.6 Å². The summed E-state index contributed by atoms with van der Waals surface area (Å²) in [6.07, 6.45) is 3.64. The second-order valence-corrected chi connectivity index (χ2v) is 6.61. The van der Waals surface area contributed by atoms with Gasteiger partial charge in [-0.05, 0) is 6.07 Å². The standard InChI is InChI=1S/C14H10NO2.F6P/c16-14-12(15-8-4-1-5-9-15)10-11-6-2-3-7-13(11)17-14;1-7(2,3,4,5)6/h1-10H;/q+1;-1. The zero-order chi connectivity index (χ0) is 18.1. The molecule has 0 fully saturated rings. The van der Waals surface area contributed by atoms with E-state index in [1.165, 1.54) is 0 Å². The van der Waals surface area contributed by atoms with Crippen molar-refractivity contribution in [2.75, 3.05) is 0 Å².